The third kappa shape index (κ3) is 6.10. The van der Waals surface area contributed by atoms with Crippen LogP contribution in [-0.2, 0) is 45.9 Å². The smallest absolute Gasteiger partial charge is 0.282 e. The van der Waals surface area contributed by atoms with Crippen molar-refractivity contribution >= 4 is 44.0 Å². The van der Waals surface area contributed by atoms with E-state index in [0.717, 1.165) is 0 Å². The van der Waals surface area contributed by atoms with Gasteiger partial charge in [0.05, 0.1) is 21.2 Å². The van der Waals surface area contributed by atoms with Crippen molar-refractivity contribution in [2.24, 2.45) is 9.98 Å². The lowest BCUT2D eigenvalue weighted by Crippen LogP contribution is -2.02. The van der Waals surface area contributed by atoms with Gasteiger partial charge < -0.3 is 0 Å². The summed E-state index contributed by atoms with van der Waals surface area (Å²) in [6.07, 6.45) is 5.09. The summed E-state index contributed by atoms with van der Waals surface area (Å²) in [4.78, 5) is 8.63. The topological polar surface area (TPSA) is 133 Å². The highest BCUT2D eigenvalue weighted by Crippen LogP contribution is 2.31. The van der Waals surface area contributed by atoms with Gasteiger partial charge in [0.15, 0.2) is 0 Å². The minimum Gasteiger partial charge on any atom is -0.282 e. The molecule has 2 rings (SSSR count). The van der Waals surface area contributed by atoms with Gasteiger partial charge in [0, 0.05) is 12.4 Å². The Kier molecular flexibility index (Phi) is 8.47. The summed E-state index contributed by atoms with van der Waals surface area (Å²) < 4.78 is 65.0. The normalized spacial score (nSPS) is 12.8. The SMILES string of the molecule is CCc1cc(S(=O)(=O)O)cc(CC)c1N=CC=Nc1c(CC)cc(S(=O)(=O)O)cc1CC. The lowest BCUT2D eigenvalue weighted by atomic mass is 10.0. The fraction of sp³-hybridized carbons (Fsp3) is 0.364. The van der Waals surface area contributed by atoms with Crippen molar-refractivity contribution in [2.45, 2.75) is 63.2 Å². The van der Waals surface area contributed by atoms with Crippen molar-refractivity contribution in [3.8, 4) is 0 Å². The summed E-state index contributed by atoms with van der Waals surface area (Å²) >= 11 is 0. The molecule has 0 bridgehead atoms. The summed E-state index contributed by atoms with van der Waals surface area (Å²) in [6.45, 7) is 7.47. The molecule has 8 nitrogen and oxygen atoms in total. The maximum absolute atomic E-state index is 11.5. The molecule has 0 amide bonds. The first-order valence-corrected chi connectivity index (χ1v) is 13.2. The average molecular weight is 481 g/mol. The molecule has 0 atom stereocenters. The molecule has 0 radical (unpaired) electrons. The molecule has 2 N–H and O–H groups in total. The fourth-order valence-corrected chi connectivity index (χ4v) is 4.54. The second-order valence-electron chi connectivity index (χ2n) is 7.10. The molecule has 0 unspecified atom stereocenters. The Labute approximate surface area is 189 Å². The zero-order valence-corrected chi connectivity index (χ0v) is 20.2. The van der Waals surface area contributed by atoms with E-state index in [9.17, 15) is 25.9 Å². The van der Waals surface area contributed by atoms with Crippen molar-refractivity contribution in [3.63, 3.8) is 0 Å². The summed E-state index contributed by atoms with van der Waals surface area (Å²) in [6, 6.07) is 5.65. The first-order valence-electron chi connectivity index (χ1n) is 10.3. The van der Waals surface area contributed by atoms with Gasteiger partial charge >= 0.3 is 0 Å². The Hall–Kier alpha value is -2.40. The molecular formula is C22H28N2O6S2. The molecule has 0 saturated carbocycles. The lowest BCUT2D eigenvalue weighted by molar-refractivity contribution is 0.480. The second kappa shape index (κ2) is 10.5. The minimum absolute atomic E-state index is 0.155. The fourth-order valence-electron chi connectivity index (χ4n) is 3.38. The summed E-state index contributed by atoms with van der Waals surface area (Å²) in [7, 11) is -8.63. The molecule has 0 aliphatic heterocycles. The molecule has 2 aromatic rings. The maximum atomic E-state index is 11.5. The third-order valence-electron chi connectivity index (χ3n) is 5.08. The number of nitrogens with zero attached hydrogens (tertiary/aromatic N) is 2. The van der Waals surface area contributed by atoms with Gasteiger partial charge in [-0.15, -0.1) is 0 Å². The number of hydrogen-bond donors (Lipinski definition) is 2. The molecule has 2 aromatic carbocycles. The van der Waals surface area contributed by atoms with E-state index in [-0.39, 0.29) is 9.79 Å². The first-order chi connectivity index (χ1) is 15.0. The van der Waals surface area contributed by atoms with Crippen LogP contribution in [0.3, 0.4) is 0 Å². The predicted molar refractivity (Wildman–Crippen MR) is 126 cm³/mol. The quantitative estimate of drug-likeness (QED) is 0.400. The van der Waals surface area contributed by atoms with E-state index < -0.39 is 20.2 Å². The zero-order chi connectivity index (χ0) is 24.1. The van der Waals surface area contributed by atoms with Crippen molar-refractivity contribution < 1.29 is 25.9 Å². The second-order valence-corrected chi connectivity index (χ2v) is 9.94. The number of aliphatic imine (C=N–C) groups is 2. The van der Waals surface area contributed by atoms with Crippen LogP contribution in [0.4, 0.5) is 11.4 Å². The highest BCUT2D eigenvalue weighted by molar-refractivity contribution is 7.86. The summed E-state index contributed by atoms with van der Waals surface area (Å²) in [5.74, 6) is 0. The van der Waals surface area contributed by atoms with Crippen LogP contribution in [-0.4, -0.2) is 38.4 Å². The van der Waals surface area contributed by atoms with Gasteiger partial charge in [-0.3, -0.25) is 19.1 Å². The molecule has 174 valence electrons. The van der Waals surface area contributed by atoms with Crippen LogP contribution in [0, 0.1) is 0 Å². The van der Waals surface area contributed by atoms with Gasteiger partial charge in [-0.2, -0.15) is 16.8 Å². The van der Waals surface area contributed by atoms with Gasteiger partial charge in [-0.25, -0.2) is 0 Å². The molecule has 32 heavy (non-hydrogen) atoms. The predicted octanol–water partition coefficient (Wildman–Crippen LogP) is 4.53. The number of benzene rings is 2. The van der Waals surface area contributed by atoms with E-state index in [1.807, 2.05) is 27.7 Å². The molecule has 0 aromatic heterocycles. The Morgan fingerprint density at radius 1 is 0.625 bits per heavy atom. The van der Waals surface area contributed by atoms with Crippen LogP contribution in [0.25, 0.3) is 0 Å². The van der Waals surface area contributed by atoms with Gasteiger partial charge in [0.25, 0.3) is 20.2 Å². The van der Waals surface area contributed by atoms with Gasteiger partial charge in [-0.1, -0.05) is 27.7 Å². The van der Waals surface area contributed by atoms with Crippen molar-refractivity contribution in [2.75, 3.05) is 0 Å². The maximum Gasteiger partial charge on any atom is 0.294 e. The van der Waals surface area contributed by atoms with Crippen molar-refractivity contribution in [3.05, 3.63) is 46.5 Å². The van der Waals surface area contributed by atoms with E-state index in [1.165, 1.54) is 36.7 Å². The Morgan fingerprint density at radius 3 is 1.06 bits per heavy atom. The monoisotopic (exact) mass is 480 g/mol. The standard InChI is InChI=1S/C22H28N2O6S2/c1-5-15-11-19(31(25,26)27)12-16(6-2)21(15)23-9-10-24-22-17(7-3)13-20(32(28,29)30)14-18(22)8-4/h9-14H,5-8H2,1-4H3,(H,25,26,27)(H,28,29,30). The van der Waals surface area contributed by atoms with Crippen molar-refractivity contribution in [1.29, 1.82) is 0 Å². The summed E-state index contributed by atoms with van der Waals surface area (Å²) in [5, 5.41) is 0. The summed E-state index contributed by atoms with van der Waals surface area (Å²) in [5.41, 5.74) is 3.99. The van der Waals surface area contributed by atoms with E-state index in [1.54, 1.807) is 0 Å². The largest absolute Gasteiger partial charge is 0.294 e. The van der Waals surface area contributed by atoms with E-state index >= 15 is 0 Å². The van der Waals surface area contributed by atoms with Gasteiger partial charge in [-0.05, 0) is 72.2 Å². The van der Waals surface area contributed by atoms with Gasteiger partial charge in [0.1, 0.15) is 0 Å². The van der Waals surface area contributed by atoms with Crippen molar-refractivity contribution in [1.82, 2.24) is 0 Å². The zero-order valence-electron chi connectivity index (χ0n) is 18.5. The van der Waals surface area contributed by atoms with Crippen LogP contribution < -0.4 is 0 Å². The van der Waals surface area contributed by atoms with Crippen LogP contribution in [0.2, 0.25) is 0 Å². The molecule has 0 heterocycles. The number of aryl methyl sites for hydroxylation is 4. The third-order valence-corrected chi connectivity index (χ3v) is 6.74. The Bertz CT molecular complexity index is 1110. The average Bonchev–Trinajstić information content (AvgIpc) is 2.74. The van der Waals surface area contributed by atoms with Gasteiger partial charge in [0.2, 0.25) is 0 Å². The van der Waals surface area contributed by atoms with Crippen LogP contribution >= 0.6 is 0 Å². The number of rotatable bonds is 9. The molecule has 0 saturated heterocycles. The highest BCUT2D eigenvalue weighted by Gasteiger charge is 2.17. The Balaban J connectivity index is 2.49. The van der Waals surface area contributed by atoms with Crippen LogP contribution in [0.15, 0.2) is 44.0 Å². The van der Waals surface area contributed by atoms with E-state index in [2.05, 4.69) is 9.98 Å². The highest BCUT2D eigenvalue weighted by atomic mass is 32.2. The molecular weight excluding hydrogens is 452 g/mol. The molecule has 0 aliphatic carbocycles. The van der Waals surface area contributed by atoms with Crippen LogP contribution in [0.1, 0.15) is 49.9 Å². The molecule has 0 fully saturated rings. The molecule has 0 aliphatic rings. The van der Waals surface area contributed by atoms with E-state index in [0.29, 0.717) is 59.3 Å². The minimum atomic E-state index is -4.31. The lowest BCUT2D eigenvalue weighted by Gasteiger charge is -2.11. The first kappa shape index (κ1) is 25.9. The molecule has 0 spiro atoms. The van der Waals surface area contributed by atoms with Crippen LogP contribution in [0.5, 0.6) is 0 Å². The molecule has 10 heteroatoms. The number of hydrogen-bond acceptors (Lipinski definition) is 6. The Morgan fingerprint density at radius 2 is 0.875 bits per heavy atom. The van der Waals surface area contributed by atoms with E-state index in [4.69, 9.17) is 0 Å².